The first-order valence-electron chi connectivity index (χ1n) is 7.92. The summed E-state index contributed by atoms with van der Waals surface area (Å²) in [5.74, 6) is -0.284. The lowest BCUT2D eigenvalue weighted by Gasteiger charge is -2.13. The van der Waals surface area contributed by atoms with Crippen molar-refractivity contribution in [2.45, 2.75) is 18.8 Å². The summed E-state index contributed by atoms with van der Waals surface area (Å²) in [5.41, 5.74) is 0.979. The lowest BCUT2D eigenvalue weighted by Crippen LogP contribution is -2.16. The van der Waals surface area contributed by atoms with Gasteiger partial charge in [-0.15, -0.1) is 0 Å². The minimum absolute atomic E-state index is 0.0853. The number of aliphatic hydroxyl groups excluding tert-OH is 1. The second kappa shape index (κ2) is 8.48. The predicted octanol–water partition coefficient (Wildman–Crippen LogP) is 3.48. The fraction of sp³-hybridized carbons (Fsp3) is 0.278. The van der Waals surface area contributed by atoms with E-state index < -0.39 is 11.9 Å². The smallest absolute Gasteiger partial charge is 0.412 e. The molecule has 2 aromatic carbocycles. The number of aliphatic hydroxyl groups is 1. The Labute approximate surface area is 158 Å². The highest BCUT2D eigenvalue weighted by Gasteiger charge is 2.38. The number of rotatable bonds is 7. The maximum atomic E-state index is 13.8. The minimum Gasteiger partial charge on any atom is -0.489 e. The van der Waals surface area contributed by atoms with Gasteiger partial charge in [0.15, 0.2) is 0 Å². The molecular weight excluding hydrogens is 409 g/mol. The predicted molar refractivity (Wildman–Crippen MR) is 95.6 cm³/mol. The number of carbonyl (C=O) groups excluding carboxylic acids is 1. The van der Waals surface area contributed by atoms with Crippen LogP contribution in [0.25, 0.3) is 0 Å². The standard InChI is InChI=1S/C18H17BrFNO5/c19-12-6-15(24-10-17-16(8-22)26-17)14(7-13(12)20)21-18(23)25-9-11-4-2-1-3-5-11/h1-7,16-17,22H,8-10H2,(H,21,23)/t16-,17+/m0/s1. The van der Waals surface area contributed by atoms with Crippen LogP contribution in [0.4, 0.5) is 14.9 Å². The summed E-state index contributed by atoms with van der Waals surface area (Å²) in [6.45, 7) is 0.186. The van der Waals surface area contributed by atoms with Crippen LogP contribution in [-0.2, 0) is 16.1 Å². The van der Waals surface area contributed by atoms with Crippen molar-refractivity contribution in [2.24, 2.45) is 0 Å². The van der Waals surface area contributed by atoms with Gasteiger partial charge in [-0.2, -0.15) is 0 Å². The van der Waals surface area contributed by atoms with Crippen LogP contribution in [0.1, 0.15) is 5.56 Å². The first kappa shape index (κ1) is 18.6. The summed E-state index contributed by atoms with van der Waals surface area (Å²) in [6, 6.07) is 11.8. The van der Waals surface area contributed by atoms with Gasteiger partial charge < -0.3 is 19.3 Å². The molecule has 0 aromatic heterocycles. The first-order chi connectivity index (χ1) is 12.6. The Kier molecular flexibility index (Phi) is 6.08. The largest absolute Gasteiger partial charge is 0.489 e. The highest BCUT2D eigenvalue weighted by atomic mass is 79.9. The molecule has 1 heterocycles. The highest BCUT2D eigenvalue weighted by Crippen LogP contribution is 2.32. The zero-order chi connectivity index (χ0) is 18.5. The first-order valence-corrected chi connectivity index (χ1v) is 8.72. The molecule has 6 nitrogen and oxygen atoms in total. The van der Waals surface area contributed by atoms with E-state index in [9.17, 15) is 9.18 Å². The molecule has 0 unspecified atom stereocenters. The second-order valence-corrected chi connectivity index (χ2v) is 6.51. The number of amides is 1. The van der Waals surface area contributed by atoms with Crippen LogP contribution in [0, 0.1) is 5.82 Å². The van der Waals surface area contributed by atoms with Crippen molar-refractivity contribution >= 4 is 27.7 Å². The molecule has 1 saturated heterocycles. The number of ether oxygens (including phenoxy) is 3. The van der Waals surface area contributed by atoms with Gasteiger partial charge in [0.05, 0.1) is 16.8 Å². The Bertz CT molecular complexity index is 774. The van der Waals surface area contributed by atoms with E-state index in [0.717, 1.165) is 11.6 Å². The van der Waals surface area contributed by atoms with Crippen LogP contribution < -0.4 is 10.1 Å². The van der Waals surface area contributed by atoms with Crippen molar-refractivity contribution in [3.05, 3.63) is 58.3 Å². The maximum absolute atomic E-state index is 13.8. The fourth-order valence-corrected chi connectivity index (χ4v) is 2.60. The highest BCUT2D eigenvalue weighted by molar-refractivity contribution is 9.10. The molecule has 0 saturated carbocycles. The molecule has 1 aliphatic rings. The molecule has 26 heavy (non-hydrogen) atoms. The van der Waals surface area contributed by atoms with Crippen LogP contribution >= 0.6 is 15.9 Å². The van der Waals surface area contributed by atoms with Crippen molar-refractivity contribution in [3.8, 4) is 5.75 Å². The number of halogens is 2. The van der Waals surface area contributed by atoms with E-state index in [2.05, 4.69) is 21.2 Å². The number of benzene rings is 2. The maximum Gasteiger partial charge on any atom is 0.412 e. The van der Waals surface area contributed by atoms with Crippen molar-refractivity contribution in [1.82, 2.24) is 0 Å². The third-order valence-corrected chi connectivity index (χ3v) is 4.35. The number of anilines is 1. The molecule has 2 N–H and O–H groups in total. The van der Waals surface area contributed by atoms with Gasteiger partial charge in [-0.25, -0.2) is 9.18 Å². The number of nitrogens with one attached hydrogen (secondary N) is 1. The summed E-state index contributed by atoms with van der Waals surface area (Å²) < 4.78 is 29.9. The van der Waals surface area contributed by atoms with E-state index in [4.69, 9.17) is 19.3 Å². The van der Waals surface area contributed by atoms with Gasteiger partial charge >= 0.3 is 6.09 Å². The fourth-order valence-electron chi connectivity index (χ4n) is 2.27. The topological polar surface area (TPSA) is 80.3 Å². The molecule has 0 aliphatic carbocycles. The molecule has 0 spiro atoms. The zero-order valence-corrected chi connectivity index (χ0v) is 15.2. The third-order valence-electron chi connectivity index (χ3n) is 3.74. The summed E-state index contributed by atoms with van der Waals surface area (Å²) in [6.07, 6.45) is -1.19. The number of carbonyl (C=O) groups is 1. The Morgan fingerprint density at radius 2 is 2.04 bits per heavy atom. The van der Waals surface area contributed by atoms with Crippen molar-refractivity contribution in [2.75, 3.05) is 18.5 Å². The Hall–Kier alpha value is -2.16. The third kappa shape index (κ3) is 4.94. The van der Waals surface area contributed by atoms with Crippen LogP contribution in [0.2, 0.25) is 0 Å². The molecule has 0 bridgehead atoms. The molecule has 3 rings (SSSR count). The SMILES string of the molecule is O=C(Nc1cc(F)c(Br)cc1OC[C@H]1O[C@H]1CO)OCc1ccccc1. The van der Waals surface area contributed by atoms with Crippen molar-refractivity contribution < 1.29 is 28.5 Å². The Morgan fingerprint density at radius 1 is 1.27 bits per heavy atom. The van der Waals surface area contributed by atoms with E-state index in [1.165, 1.54) is 6.07 Å². The van der Waals surface area contributed by atoms with Crippen LogP contribution in [0.5, 0.6) is 5.75 Å². The number of hydrogen-bond donors (Lipinski definition) is 2. The zero-order valence-electron chi connectivity index (χ0n) is 13.7. The molecule has 8 heteroatoms. The number of epoxide rings is 1. The monoisotopic (exact) mass is 425 g/mol. The normalized spacial score (nSPS) is 18.3. The lowest BCUT2D eigenvalue weighted by molar-refractivity contribution is 0.155. The van der Waals surface area contributed by atoms with Gasteiger partial charge in [0.2, 0.25) is 0 Å². The van der Waals surface area contributed by atoms with E-state index in [0.29, 0.717) is 0 Å². The van der Waals surface area contributed by atoms with Crippen LogP contribution in [0.3, 0.4) is 0 Å². The number of hydrogen-bond acceptors (Lipinski definition) is 5. The van der Waals surface area contributed by atoms with Crippen molar-refractivity contribution in [3.63, 3.8) is 0 Å². The average molecular weight is 426 g/mol. The van der Waals surface area contributed by atoms with E-state index >= 15 is 0 Å². The summed E-state index contributed by atoms with van der Waals surface area (Å²) >= 11 is 3.09. The molecule has 1 amide bonds. The Balaban J connectivity index is 1.61. The van der Waals surface area contributed by atoms with Gasteiger partial charge in [-0.3, -0.25) is 5.32 Å². The summed E-state index contributed by atoms with van der Waals surface area (Å²) in [4.78, 5) is 12.0. The van der Waals surface area contributed by atoms with E-state index in [1.54, 1.807) is 0 Å². The molecule has 1 aliphatic heterocycles. The van der Waals surface area contributed by atoms with Gasteiger partial charge in [-0.05, 0) is 27.6 Å². The molecule has 2 aromatic rings. The van der Waals surface area contributed by atoms with E-state index in [-0.39, 0.29) is 47.9 Å². The second-order valence-electron chi connectivity index (χ2n) is 5.66. The molecule has 138 valence electrons. The van der Waals surface area contributed by atoms with Gasteiger partial charge in [0.25, 0.3) is 0 Å². The average Bonchev–Trinajstić information content (AvgIpc) is 3.41. The Morgan fingerprint density at radius 3 is 2.73 bits per heavy atom. The molecule has 0 radical (unpaired) electrons. The van der Waals surface area contributed by atoms with Gasteiger partial charge in [0.1, 0.15) is 37.0 Å². The summed E-state index contributed by atoms with van der Waals surface area (Å²) in [5, 5.41) is 11.5. The van der Waals surface area contributed by atoms with E-state index in [1.807, 2.05) is 30.3 Å². The molecular formula is C18H17BrFNO5. The minimum atomic E-state index is -0.726. The van der Waals surface area contributed by atoms with Gasteiger partial charge in [0, 0.05) is 6.07 Å². The lowest BCUT2D eigenvalue weighted by atomic mass is 10.2. The quantitative estimate of drug-likeness (QED) is 0.663. The summed E-state index contributed by atoms with van der Waals surface area (Å²) in [7, 11) is 0. The van der Waals surface area contributed by atoms with Crippen LogP contribution in [0.15, 0.2) is 46.9 Å². The molecule has 1 fully saturated rings. The van der Waals surface area contributed by atoms with Crippen LogP contribution in [-0.4, -0.2) is 36.6 Å². The molecule has 2 atom stereocenters. The van der Waals surface area contributed by atoms with Gasteiger partial charge in [-0.1, -0.05) is 30.3 Å². The van der Waals surface area contributed by atoms with Crippen molar-refractivity contribution in [1.29, 1.82) is 0 Å².